The molecule has 1 aliphatic carbocycles. The quantitative estimate of drug-likeness (QED) is 0.495. The number of Topliss-reactive ketones (excluding diaryl/α,β-unsaturated/α-hetero) is 1. The van der Waals surface area contributed by atoms with Gasteiger partial charge in [0.15, 0.2) is 5.78 Å². The topological polar surface area (TPSA) is 34.1 Å². The smallest absolute Gasteiger partial charge is 0.205 e. The molecule has 0 bridgehead atoms. The molecule has 0 aromatic heterocycles. The number of carbonyl (C=O) groups is 2. The van der Waals surface area contributed by atoms with Gasteiger partial charge in [-0.2, -0.15) is 0 Å². The summed E-state index contributed by atoms with van der Waals surface area (Å²) in [5.41, 5.74) is -0.875. The minimum absolute atomic E-state index is 0.0411. The molecule has 1 unspecified atom stereocenters. The molecule has 0 aromatic rings. The molecule has 2 nitrogen and oxygen atoms in total. The van der Waals surface area contributed by atoms with Gasteiger partial charge in [0, 0.05) is 6.42 Å². The minimum Gasteiger partial charge on any atom is -0.298 e. The summed E-state index contributed by atoms with van der Waals surface area (Å²) in [6, 6.07) is 0. The Bertz CT molecular complexity index is 270. The Balaban J connectivity index is 2.94. The van der Waals surface area contributed by atoms with Crippen LogP contribution in [0.4, 0.5) is 0 Å². The lowest BCUT2D eigenvalue weighted by Gasteiger charge is -2.23. The monoisotopic (exact) mass is 212 g/mol. The molecule has 0 N–H and O–H groups in total. The summed E-state index contributed by atoms with van der Waals surface area (Å²) in [6.45, 7) is 1.73. The Morgan fingerprint density at radius 1 is 1.50 bits per heavy atom. The molecule has 1 aliphatic rings. The van der Waals surface area contributed by atoms with Gasteiger partial charge in [-0.1, -0.05) is 23.9 Å². The van der Waals surface area contributed by atoms with Gasteiger partial charge in [0.1, 0.15) is 5.41 Å². The van der Waals surface area contributed by atoms with Crippen molar-refractivity contribution in [1.82, 2.24) is 0 Å². The second-order valence-electron chi connectivity index (χ2n) is 3.77. The molecule has 3 heteroatoms. The van der Waals surface area contributed by atoms with E-state index in [-0.39, 0.29) is 10.9 Å². The molecule has 0 amide bonds. The zero-order valence-corrected chi connectivity index (χ0v) is 9.52. The maximum absolute atomic E-state index is 11.8. The Morgan fingerprint density at radius 2 is 2.21 bits per heavy atom. The molecule has 14 heavy (non-hydrogen) atoms. The fourth-order valence-electron chi connectivity index (χ4n) is 1.61. The van der Waals surface area contributed by atoms with Crippen LogP contribution in [-0.4, -0.2) is 17.2 Å². The Kier molecular flexibility index (Phi) is 3.93. The highest BCUT2D eigenvalue weighted by Crippen LogP contribution is 2.30. The standard InChI is InChI=1S/C11H16O2S/c1-11(10(13)14-2)8-6-4-3-5-7-9(11)12/h6,8H,3-5,7H2,1-2H3/b8-6+. The van der Waals surface area contributed by atoms with Crippen molar-refractivity contribution in [1.29, 1.82) is 0 Å². The number of allylic oxidation sites excluding steroid dienone is 2. The van der Waals surface area contributed by atoms with Crippen molar-refractivity contribution in [2.75, 3.05) is 6.26 Å². The molecular formula is C11H16O2S. The third-order valence-corrected chi connectivity index (χ3v) is 3.46. The summed E-state index contributed by atoms with van der Waals surface area (Å²) in [7, 11) is 0. The van der Waals surface area contributed by atoms with Gasteiger partial charge in [-0.15, -0.1) is 0 Å². The van der Waals surface area contributed by atoms with E-state index in [0.717, 1.165) is 31.0 Å². The molecule has 0 radical (unpaired) electrons. The van der Waals surface area contributed by atoms with Crippen LogP contribution in [0.3, 0.4) is 0 Å². The molecule has 78 valence electrons. The van der Waals surface area contributed by atoms with E-state index in [1.165, 1.54) is 0 Å². The van der Waals surface area contributed by atoms with Crippen LogP contribution in [0.15, 0.2) is 12.2 Å². The van der Waals surface area contributed by atoms with E-state index in [4.69, 9.17) is 0 Å². The maximum atomic E-state index is 11.8. The van der Waals surface area contributed by atoms with Gasteiger partial charge in [0.05, 0.1) is 0 Å². The molecule has 0 spiro atoms. The zero-order chi connectivity index (χ0) is 10.6. The van der Waals surface area contributed by atoms with Crippen molar-refractivity contribution in [3.63, 3.8) is 0 Å². The third kappa shape index (κ3) is 2.27. The first kappa shape index (κ1) is 11.5. The number of rotatable bonds is 1. The average molecular weight is 212 g/mol. The first-order chi connectivity index (χ1) is 6.61. The molecule has 0 fully saturated rings. The van der Waals surface area contributed by atoms with Crippen LogP contribution in [0.5, 0.6) is 0 Å². The lowest BCUT2D eigenvalue weighted by molar-refractivity contribution is -0.132. The van der Waals surface area contributed by atoms with Gasteiger partial charge in [-0.05, 0) is 32.4 Å². The van der Waals surface area contributed by atoms with E-state index in [0.29, 0.717) is 6.42 Å². The summed E-state index contributed by atoms with van der Waals surface area (Å²) < 4.78 is 0. The number of hydrogen-bond acceptors (Lipinski definition) is 3. The van der Waals surface area contributed by atoms with Crippen LogP contribution in [0, 0.1) is 5.41 Å². The average Bonchev–Trinajstić information content (AvgIpc) is 2.18. The second kappa shape index (κ2) is 4.78. The van der Waals surface area contributed by atoms with E-state index in [1.807, 2.05) is 6.08 Å². The van der Waals surface area contributed by atoms with Crippen molar-refractivity contribution < 1.29 is 9.59 Å². The molecular weight excluding hydrogens is 196 g/mol. The van der Waals surface area contributed by atoms with Crippen molar-refractivity contribution in [3.8, 4) is 0 Å². The van der Waals surface area contributed by atoms with Crippen LogP contribution in [0.2, 0.25) is 0 Å². The number of hydrogen-bond donors (Lipinski definition) is 0. The molecule has 0 saturated heterocycles. The Labute approximate surface area is 89.1 Å². The third-order valence-electron chi connectivity index (χ3n) is 2.66. The SMILES string of the molecule is CSC(=O)C1(C)/C=C/CCCCC1=O. The Morgan fingerprint density at radius 3 is 2.86 bits per heavy atom. The van der Waals surface area contributed by atoms with Crippen LogP contribution < -0.4 is 0 Å². The van der Waals surface area contributed by atoms with Crippen LogP contribution >= 0.6 is 11.8 Å². The van der Waals surface area contributed by atoms with Gasteiger partial charge in [0.2, 0.25) is 5.12 Å². The number of carbonyl (C=O) groups excluding carboxylic acids is 2. The molecule has 0 aromatic carbocycles. The molecule has 1 atom stereocenters. The minimum atomic E-state index is -0.875. The molecule has 1 rings (SSSR count). The van der Waals surface area contributed by atoms with Crippen molar-refractivity contribution in [3.05, 3.63) is 12.2 Å². The first-order valence-corrected chi connectivity index (χ1v) is 6.13. The number of thioether (sulfide) groups is 1. The van der Waals surface area contributed by atoms with Gasteiger partial charge in [-0.3, -0.25) is 9.59 Å². The van der Waals surface area contributed by atoms with Crippen molar-refractivity contribution in [2.45, 2.75) is 32.6 Å². The predicted octanol–water partition coefficient (Wildman–Crippen LogP) is 2.58. The summed E-state index contributed by atoms with van der Waals surface area (Å²) in [5, 5.41) is -0.0411. The van der Waals surface area contributed by atoms with E-state index in [2.05, 4.69) is 0 Å². The summed E-state index contributed by atoms with van der Waals surface area (Å²) in [4.78, 5) is 23.5. The van der Waals surface area contributed by atoms with Crippen molar-refractivity contribution >= 4 is 22.7 Å². The highest BCUT2D eigenvalue weighted by atomic mass is 32.2. The van der Waals surface area contributed by atoms with E-state index >= 15 is 0 Å². The second-order valence-corrected chi connectivity index (χ2v) is 4.54. The summed E-state index contributed by atoms with van der Waals surface area (Å²) in [5.74, 6) is 0.0628. The normalized spacial score (nSPS) is 30.6. The van der Waals surface area contributed by atoms with Gasteiger partial charge in [0.25, 0.3) is 0 Å². The van der Waals surface area contributed by atoms with Crippen LogP contribution in [-0.2, 0) is 9.59 Å². The maximum Gasteiger partial charge on any atom is 0.205 e. The number of ketones is 1. The molecule has 0 heterocycles. The zero-order valence-electron chi connectivity index (χ0n) is 8.71. The highest BCUT2D eigenvalue weighted by molar-refractivity contribution is 8.13. The fourth-order valence-corrected chi connectivity index (χ4v) is 2.22. The van der Waals surface area contributed by atoms with Gasteiger partial charge in [-0.25, -0.2) is 0 Å². The van der Waals surface area contributed by atoms with Crippen LogP contribution in [0.25, 0.3) is 0 Å². The first-order valence-electron chi connectivity index (χ1n) is 4.90. The van der Waals surface area contributed by atoms with Gasteiger partial charge < -0.3 is 0 Å². The van der Waals surface area contributed by atoms with Crippen molar-refractivity contribution in [2.24, 2.45) is 5.41 Å². The summed E-state index contributed by atoms with van der Waals surface area (Å²) >= 11 is 1.14. The Hall–Kier alpha value is -0.570. The molecule has 0 aliphatic heterocycles. The largest absolute Gasteiger partial charge is 0.298 e. The lowest BCUT2D eigenvalue weighted by atomic mass is 9.82. The van der Waals surface area contributed by atoms with Crippen LogP contribution in [0.1, 0.15) is 32.6 Å². The summed E-state index contributed by atoms with van der Waals surface area (Å²) in [6.07, 6.45) is 8.94. The van der Waals surface area contributed by atoms with Gasteiger partial charge >= 0.3 is 0 Å². The predicted molar refractivity (Wildman–Crippen MR) is 59.2 cm³/mol. The van der Waals surface area contributed by atoms with E-state index in [1.54, 1.807) is 19.3 Å². The van der Waals surface area contributed by atoms with E-state index < -0.39 is 5.41 Å². The molecule has 0 saturated carbocycles. The lowest BCUT2D eigenvalue weighted by Crippen LogP contribution is -2.33. The highest BCUT2D eigenvalue weighted by Gasteiger charge is 2.37. The van der Waals surface area contributed by atoms with E-state index in [9.17, 15) is 9.59 Å². The fraction of sp³-hybridized carbons (Fsp3) is 0.636.